The monoisotopic (exact) mass is 281 g/mol. The van der Waals surface area contributed by atoms with E-state index in [9.17, 15) is 0 Å². The first kappa shape index (κ1) is 14.8. The molecule has 2 N–H and O–H groups in total. The Balaban J connectivity index is 2.26. The molecule has 1 aliphatic rings. The van der Waals surface area contributed by atoms with E-state index in [0.717, 1.165) is 23.4 Å². The van der Waals surface area contributed by atoms with E-state index in [-0.39, 0.29) is 11.6 Å². The zero-order valence-corrected chi connectivity index (χ0v) is 12.5. The van der Waals surface area contributed by atoms with Crippen LogP contribution in [0.1, 0.15) is 57.1 Å². The van der Waals surface area contributed by atoms with Gasteiger partial charge in [0.05, 0.1) is 11.6 Å². The minimum atomic E-state index is -0.212. The van der Waals surface area contributed by atoms with Crippen LogP contribution in [0.2, 0.25) is 5.02 Å². The lowest BCUT2D eigenvalue weighted by molar-refractivity contribution is -0.0695. The minimum Gasteiger partial charge on any atom is -0.373 e. The van der Waals surface area contributed by atoms with Crippen LogP contribution in [0.15, 0.2) is 24.3 Å². The van der Waals surface area contributed by atoms with Gasteiger partial charge in [0.15, 0.2) is 0 Å². The van der Waals surface area contributed by atoms with Gasteiger partial charge in [-0.3, -0.25) is 0 Å². The summed E-state index contributed by atoms with van der Waals surface area (Å²) in [7, 11) is 0. The van der Waals surface area contributed by atoms with Crippen LogP contribution in [0.25, 0.3) is 0 Å². The van der Waals surface area contributed by atoms with Crippen molar-refractivity contribution < 1.29 is 4.74 Å². The Bertz CT molecular complexity index is 399. The molecule has 19 heavy (non-hydrogen) atoms. The molecular formula is C16H24ClNO. The average Bonchev–Trinajstić information content (AvgIpc) is 2.65. The van der Waals surface area contributed by atoms with Gasteiger partial charge in [0.2, 0.25) is 0 Å². The van der Waals surface area contributed by atoms with Crippen molar-refractivity contribution in [3.63, 3.8) is 0 Å². The third-order valence-electron chi connectivity index (χ3n) is 4.16. The molecule has 0 heterocycles. The predicted molar refractivity (Wildman–Crippen MR) is 80.4 cm³/mol. The van der Waals surface area contributed by atoms with E-state index in [4.69, 9.17) is 22.1 Å². The maximum absolute atomic E-state index is 6.55. The summed E-state index contributed by atoms with van der Waals surface area (Å²) < 4.78 is 6.14. The Kier molecular flexibility index (Phi) is 5.26. The average molecular weight is 282 g/mol. The van der Waals surface area contributed by atoms with Gasteiger partial charge in [-0.15, -0.1) is 0 Å². The van der Waals surface area contributed by atoms with Gasteiger partial charge in [-0.05, 0) is 37.5 Å². The van der Waals surface area contributed by atoms with Gasteiger partial charge >= 0.3 is 0 Å². The highest BCUT2D eigenvalue weighted by molar-refractivity contribution is 6.30. The van der Waals surface area contributed by atoms with Crippen LogP contribution in [0, 0.1) is 0 Å². The molecule has 1 aromatic carbocycles. The minimum absolute atomic E-state index is 0.0933. The van der Waals surface area contributed by atoms with Crippen LogP contribution in [-0.4, -0.2) is 12.2 Å². The van der Waals surface area contributed by atoms with E-state index in [1.54, 1.807) is 0 Å². The third-order valence-corrected chi connectivity index (χ3v) is 4.39. The lowest BCUT2D eigenvalue weighted by atomic mass is 9.82. The zero-order chi connectivity index (χ0) is 13.7. The Labute approximate surface area is 121 Å². The highest BCUT2D eigenvalue weighted by Crippen LogP contribution is 2.39. The Morgan fingerprint density at radius 3 is 2.53 bits per heavy atom. The summed E-state index contributed by atoms with van der Waals surface area (Å²) in [5.41, 5.74) is 7.42. The van der Waals surface area contributed by atoms with Gasteiger partial charge < -0.3 is 10.5 Å². The summed E-state index contributed by atoms with van der Waals surface area (Å²) in [6.45, 7) is 2.77. The van der Waals surface area contributed by atoms with Crippen LogP contribution in [0.3, 0.4) is 0 Å². The molecule has 1 atom stereocenters. The fraction of sp³-hybridized carbons (Fsp3) is 0.625. The molecule has 1 saturated carbocycles. The van der Waals surface area contributed by atoms with Gasteiger partial charge in [0.1, 0.15) is 0 Å². The van der Waals surface area contributed by atoms with Crippen LogP contribution in [0.5, 0.6) is 0 Å². The summed E-state index contributed by atoms with van der Waals surface area (Å²) in [6.07, 6.45) is 7.08. The number of rotatable bonds is 4. The Morgan fingerprint density at radius 2 is 1.95 bits per heavy atom. The largest absolute Gasteiger partial charge is 0.373 e. The van der Waals surface area contributed by atoms with E-state index < -0.39 is 0 Å². The van der Waals surface area contributed by atoms with Crippen molar-refractivity contribution in [2.75, 3.05) is 6.61 Å². The fourth-order valence-corrected chi connectivity index (χ4v) is 3.36. The van der Waals surface area contributed by atoms with Crippen molar-refractivity contribution in [2.45, 2.75) is 57.1 Å². The molecule has 0 bridgehead atoms. The predicted octanol–water partition coefficient (Wildman–Crippen LogP) is 4.47. The number of hydrogen-bond donors (Lipinski definition) is 1. The molecule has 2 nitrogen and oxygen atoms in total. The molecule has 2 rings (SSSR count). The van der Waals surface area contributed by atoms with E-state index in [1.165, 1.54) is 25.7 Å². The highest BCUT2D eigenvalue weighted by Gasteiger charge is 2.38. The molecule has 1 aliphatic carbocycles. The van der Waals surface area contributed by atoms with Crippen molar-refractivity contribution in [1.29, 1.82) is 0 Å². The van der Waals surface area contributed by atoms with Crippen LogP contribution in [0.4, 0.5) is 0 Å². The maximum Gasteiger partial charge on any atom is 0.0874 e. The van der Waals surface area contributed by atoms with Crippen LogP contribution >= 0.6 is 11.6 Å². The van der Waals surface area contributed by atoms with Crippen molar-refractivity contribution in [3.8, 4) is 0 Å². The van der Waals surface area contributed by atoms with Crippen LogP contribution < -0.4 is 5.73 Å². The topological polar surface area (TPSA) is 35.2 Å². The molecule has 1 unspecified atom stereocenters. The molecule has 0 aromatic heterocycles. The molecule has 0 amide bonds. The van der Waals surface area contributed by atoms with Crippen LogP contribution in [-0.2, 0) is 4.74 Å². The smallest absolute Gasteiger partial charge is 0.0874 e. The standard InChI is InChI=1S/C16H24ClNO/c1-2-19-16(10-5-3-4-6-11-16)15(18)13-8-7-9-14(17)12-13/h7-9,12,15H,2-6,10-11,18H2,1H3. The quantitative estimate of drug-likeness (QED) is 0.827. The van der Waals surface area contributed by atoms with E-state index in [2.05, 4.69) is 13.0 Å². The van der Waals surface area contributed by atoms with Crippen molar-refractivity contribution in [3.05, 3.63) is 34.9 Å². The van der Waals surface area contributed by atoms with Crippen molar-refractivity contribution in [1.82, 2.24) is 0 Å². The zero-order valence-electron chi connectivity index (χ0n) is 11.7. The van der Waals surface area contributed by atoms with Crippen molar-refractivity contribution in [2.24, 2.45) is 5.73 Å². The third kappa shape index (κ3) is 3.50. The molecule has 0 aliphatic heterocycles. The second kappa shape index (κ2) is 6.74. The molecule has 0 spiro atoms. The number of halogens is 1. The Hall–Kier alpha value is -0.570. The summed E-state index contributed by atoms with van der Waals surface area (Å²) in [4.78, 5) is 0. The fourth-order valence-electron chi connectivity index (χ4n) is 3.16. The van der Waals surface area contributed by atoms with Gasteiger partial charge in [-0.1, -0.05) is 49.4 Å². The summed E-state index contributed by atoms with van der Waals surface area (Å²) in [5.74, 6) is 0. The number of ether oxygens (including phenoxy) is 1. The van der Waals surface area contributed by atoms with E-state index >= 15 is 0 Å². The lowest BCUT2D eigenvalue weighted by Gasteiger charge is -2.38. The maximum atomic E-state index is 6.55. The molecule has 1 fully saturated rings. The summed E-state index contributed by atoms with van der Waals surface area (Å²) in [6, 6.07) is 7.79. The van der Waals surface area contributed by atoms with Gasteiger partial charge in [0, 0.05) is 11.6 Å². The normalized spacial score (nSPS) is 20.8. The first-order valence-electron chi connectivity index (χ1n) is 7.33. The molecule has 3 heteroatoms. The molecule has 0 radical (unpaired) electrons. The number of benzene rings is 1. The summed E-state index contributed by atoms with van der Waals surface area (Å²) in [5, 5.41) is 0.744. The van der Waals surface area contributed by atoms with Crippen molar-refractivity contribution >= 4 is 11.6 Å². The first-order valence-corrected chi connectivity index (χ1v) is 7.71. The molecule has 1 aromatic rings. The van der Waals surface area contributed by atoms with E-state index in [1.807, 2.05) is 18.2 Å². The van der Waals surface area contributed by atoms with Gasteiger partial charge in [-0.25, -0.2) is 0 Å². The second-order valence-corrected chi connectivity index (χ2v) is 5.88. The van der Waals surface area contributed by atoms with E-state index in [0.29, 0.717) is 6.61 Å². The molecule has 0 saturated heterocycles. The number of nitrogens with two attached hydrogens (primary N) is 1. The second-order valence-electron chi connectivity index (χ2n) is 5.44. The van der Waals surface area contributed by atoms with Gasteiger partial charge in [0.25, 0.3) is 0 Å². The lowest BCUT2D eigenvalue weighted by Crippen LogP contribution is -2.43. The Morgan fingerprint density at radius 1 is 1.26 bits per heavy atom. The SMILES string of the molecule is CCOC1(C(N)c2cccc(Cl)c2)CCCCCC1. The van der Waals surface area contributed by atoms with Gasteiger partial charge in [-0.2, -0.15) is 0 Å². The molecular weight excluding hydrogens is 258 g/mol. The first-order chi connectivity index (χ1) is 9.18. The highest BCUT2D eigenvalue weighted by atomic mass is 35.5. The summed E-state index contributed by atoms with van der Waals surface area (Å²) >= 11 is 6.09. The molecule has 106 valence electrons. The number of hydrogen-bond acceptors (Lipinski definition) is 2.